The molecule has 0 amide bonds. The minimum Gasteiger partial charge on any atom is -0.486 e. The SMILES string of the molecule is Cc1cccc(-c2nn(-c3ccc4c(c3)OCCO4)c3c2CCCCN3)c1. The summed E-state index contributed by atoms with van der Waals surface area (Å²) in [5, 5.41) is 8.63. The molecule has 0 atom stereocenters. The van der Waals surface area contributed by atoms with Gasteiger partial charge in [0.25, 0.3) is 0 Å². The lowest BCUT2D eigenvalue weighted by Crippen LogP contribution is -2.15. The summed E-state index contributed by atoms with van der Waals surface area (Å²) in [6, 6.07) is 14.6. The second kappa shape index (κ2) is 6.65. The van der Waals surface area contributed by atoms with Gasteiger partial charge in [-0.05, 0) is 44.4 Å². The molecule has 0 unspecified atom stereocenters. The van der Waals surface area contributed by atoms with Gasteiger partial charge in [-0.1, -0.05) is 23.8 Å². The number of rotatable bonds is 2. The molecule has 0 spiro atoms. The summed E-state index contributed by atoms with van der Waals surface area (Å²) in [4.78, 5) is 0. The standard InChI is InChI=1S/C22H23N3O2/c1-15-5-4-6-16(13-15)21-18-7-2-3-10-23-22(18)25(24-21)17-8-9-19-20(14-17)27-12-11-26-19/h4-6,8-9,13-14,23H,2-3,7,10-12H2,1H3. The van der Waals surface area contributed by atoms with Crippen molar-refractivity contribution < 1.29 is 9.47 Å². The molecule has 0 radical (unpaired) electrons. The molecule has 0 saturated heterocycles. The monoisotopic (exact) mass is 361 g/mol. The number of hydrogen-bond acceptors (Lipinski definition) is 4. The average Bonchev–Trinajstić information content (AvgIpc) is 2.89. The smallest absolute Gasteiger partial charge is 0.163 e. The van der Waals surface area contributed by atoms with Crippen LogP contribution in [0.1, 0.15) is 24.0 Å². The molecular formula is C22H23N3O2. The minimum atomic E-state index is 0.584. The fourth-order valence-electron chi connectivity index (χ4n) is 3.88. The first-order valence-electron chi connectivity index (χ1n) is 9.62. The molecule has 0 fully saturated rings. The lowest BCUT2D eigenvalue weighted by atomic mass is 10.0. The summed E-state index contributed by atoms with van der Waals surface area (Å²) >= 11 is 0. The van der Waals surface area contributed by atoms with Crippen molar-refractivity contribution in [2.24, 2.45) is 0 Å². The maximum atomic E-state index is 5.78. The summed E-state index contributed by atoms with van der Waals surface area (Å²) in [6.45, 7) is 4.28. The quantitative estimate of drug-likeness (QED) is 0.736. The highest BCUT2D eigenvalue weighted by molar-refractivity contribution is 5.72. The zero-order chi connectivity index (χ0) is 18.2. The molecule has 0 saturated carbocycles. The third kappa shape index (κ3) is 2.93. The molecule has 1 aromatic heterocycles. The molecule has 27 heavy (non-hydrogen) atoms. The third-order valence-electron chi connectivity index (χ3n) is 5.19. The van der Waals surface area contributed by atoms with Gasteiger partial charge in [-0.25, -0.2) is 4.68 Å². The maximum Gasteiger partial charge on any atom is 0.163 e. The van der Waals surface area contributed by atoms with E-state index in [0.29, 0.717) is 13.2 Å². The van der Waals surface area contributed by atoms with E-state index in [-0.39, 0.29) is 0 Å². The van der Waals surface area contributed by atoms with Crippen LogP contribution in [0, 0.1) is 6.92 Å². The molecular weight excluding hydrogens is 338 g/mol. The number of fused-ring (bicyclic) bond motifs is 2. The Morgan fingerprint density at radius 2 is 1.89 bits per heavy atom. The Hall–Kier alpha value is -2.95. The highest BCUT2D eigenvalue weighted by atomic mass is 16.6. The minimum absolute atomic E-state index is 0.584. The second-order valence-corrected chi connectivity index (χ2v) is 7.17. The van der Waals surface area contributed by atoms with Crippen molar-refractivity contribution in [3.05, 3.63) is 53.6 Å². The highest BCUT2D eigenvalue weighted by Gasteiger charge is 2.23. The number of nitrogens with one attached hydrogen (secondary N) is 1. The molecule has 0 aliphatic carbocycles. The topological polar surface area (TPSA) is 48.3 Å². The summed E-state index contributed by atoms with van der Waals surface area (Å²) < 4.78 is 13.5. The van der Waals surface area contributed by atoms with Crippen LogP contribution in [0.4, 0.5) is 5.82 Å². The molecule has 1 N–H and O–H groups in total. The summed E-state index contributed by atoms with van der Waals surface area (Å²) in [5.41, 5.74) is 5.78. The van der Waals surface area contributed by atoms with Crippen molar-refractivity contribution in [1.29, 1.82) is 0 Å². The zero-order valence-corrected chi connectivity index (χ0v) is 15.5. The Balaban J connectivity index is 1.66. The Morgan fingerprint density at radius 3 is 2.78 bits per heavy atom. The van der Waals surface area contributed by atoms with Crippen LogP contribution in [0.25, 0.3) is 16.9 Å². The molecule has 2 aliphatic rings. The predicted molar refractivity (Wildman–Crippen MR) is 106 cm³/mol. The fourth-order valence-corrected chi connectivity index (χ4v) is 3.88. The first kappa shape index (κ1) is 16.2. The van der Waals surface area contributed by atoms with Gasteiger partial charge >= 0.3 is 0 Å². The average molecular weight is 361 g/mol. The molecule has 5 nitrogen and oxygen atoms in total. The van der Waals surface area contributed by atoms with E-state index < -0.39 is 0 Å². The van der Waals surface area contributed by atoms with Crippen LogP contribution >= 0.6 is 0 Å². The summed E-state index contributed by atoms with van der Waals surface area (Å²) in [6.07, 6.45) is 3.38. The molecule has 3 heterocycles. The number of hydrogen-bond donors (Lipinski definition) is 1. The van der Waals surface area contributed by atoms with Crippen LogP contribution in [0.3, 0.4) is 0 Å². The van der Waals surface area contributed by atoms with Crippen LogP contribution < -0.4 is 14.8 Å². The number of aromatic nitrogens is 2. The van der Waals surface area contributed by atoms with Gasteiger partial charge < -0.3 is 14.8 Å². The van der Waals surface area contributed by atoms with E-state index in [2.05, 4.69) is 36.5 Å². The number of ether oxygens (including phenoxy) is 2. The van der Waals surface area contributed by atoms with E-state index in [4.69, 9.17) is 14.6 Å². The predicted octanol–water partition coefficient (Wildman–Crippen LogP) is 4.37. The van der Waals surface area contributed by atoms with Gasteiger partial charge in [0.05, 0.1) is 11.4 Å². The van der Waals surface area contributed by atoms with Gasteiger partial charge in [-0.3, -0.25) is 0 Å². The lowest BCUT2D eigenvalue weighted by Gasteiger charge is -2.19. The molecule has 0 bridgehead atoms. The lowest BCUT2D eigenvalue weighted by molar-refractivity contribution is 0.171. The largest absolute Gasteiger partial charge is 0.486 e. The van der Waals surface area contributed by atoms with E-state index in [9.17, 15) is 0 Å². The van der Waals surface area contributed by atoms with Gasteiger partial charge in [0.2, 0.25) is 0 Å². The first-order valence-corrected chi connectivity index (χ1v) is 9.62. The molecule has 3 aromatic rings. The maximum absolute atomic E-state index is 5.78. The molecule has 138 valence electrons. The van der Waals surface area contributed by atoms with E-state index in [1.165, 1.54) is 29.5 Å². The molecule has 2 aliphatic heterocycles. The number of anilines is 1. The summed E-state index contributed by atoms with van der Waals surface area (Å²) in [7, 11) is 0. The van der Waals surface area contributed by atoms with Crippen LogP contribution in [-0.4, -0.2) is 29.5 Å². The van der Waals surface area contributed by atoms with Gasteiger partial charge in [0, 0.05) is 23.7 Å². The van der Waals surface area contributed by atoms with E-state index in [0.717, 1.165) is 41.7 Å². The Bertz CT molecular complexity index is 993. The number of aryl methyl sites for hydroxylation is 1. The van der Waals surface area contributed by atoms with Gasteiger partial charge in [0.15, 0.2) is 11.5 Å². The van der Waals surface area contributed by atoms with Crippen molar-refractivity contribution in [2.45, 2.75) is 26.2 Å². The van der Waals surface area contributed by atoms with E-state index >= 15 is 0 Å². The Kier molecular flexibility index (Phi) is 4.00. The number of benzene rings is 2. The van der Waals surface area contributed by atoms with Gasteiger partial charge in [-0.2, -0.15) is 5.10 Å². The zero-order valence-electron chi connectivity index (χ0n) is 15.5. The third-order valence-corrected chi connectivity index (χ3v) is 5.19. The van der Waals surface area contributed by atoms with Crippen LogP contribution in [0.5, 0.6) is 11.5 Å². The van der Waals surface area contributed by atoms with Gasteiger partial charge in [0.1, 0.15) is 19.0 Å². The van der Waals surface area contributed by atoms with E-state index in [1.807, 2.05) is 22.9 Å². The fraction of sp³-hybridized carbons (Fsp3) is 0.318. The van der Waals surface area contributed by atoms with Crippen molar-refractivity contribution in [2.75, 3.05) is 25.1 Å². The second-order valence-electron chi connectivity index (χ2n) is 7.17. The van der Waals surface area contributed by atoms with Crippen molar-refractivity contribution in [3.8, 4) is 28.4 Å². The van der Waals surface area contributed by atoms with Crippen molar-refractivity contribution in [1.82, 2.24) is 9.78 Å². The molecule has 5 rings (SSSR count). The number of nitrogens with zero attached hydrogens (tertiary/aromatic N) is 2. The molecule has 2 aromatic carbocycles. The first-order chi connectivity index (χ1) is 13.3. The highest BCUT2D eigenvalue weighted by Crippen LogP contribution is 2.37. The van der Waals surface area contributed by atoms with Crippen molar-refractivity contribution in [3.63, 3.8) is 0 Å². The molecule has 5 heteroatoms. The van der Waals surface area contributed by atoms with Gasteiger partial charge in [-0.15, -0.1) is 0 Å². The summed E-state index contributed by atoms with van der Waals surface area (Å²) in [5.74, 6) is 2.68. The van der Waals surface area contributed by atoms with Crippen molar-refractivity contribution >= 4 is 5.82 Å². The van der Waals surface area contributed by atoms with Crippen LogP contribution in [0.2, 0.25) is 0 Å². The van der Waals surface area contributed by atoms with Crippen LogP contribution in [-0.2, 0) is 6.42 Å². The normalized spacial score (nSPS) is 15.6. The Morgan fingerprint density at radius 1 is 1.00 bits per heavy atom. The van der Waals surface area contributed by atoms with Crippen LogP contribution in [0.15, 0.2) is 42.5 Å². The Labute approximate surface area is 158 Å². The van der Waals surface area contributed by atoms with E-state index in [1.54, 1.807) is 0 Å².